The molecule has 1 aromatic heterocycles. The molecule has 2 heterocycles. The summed E-state index contributed by atoms with van der Waals surface area (Å²) >= 11 is 0. The van der Waals surface area contributed by atoms with E-state index in [0.717, 1.165) is 18.2 Å². The van der Waals surface area contributed by atoms with Crippen molar-refractivity contribution in [2.45, 2.75) is 12.8 Å². The summed E-state index contributed by atoms with van der Waals surface area (Å²) in [4.78, 5) is 40.1. The highest BCUT2D eigenvalue weighted by Gasteiger charge is 2.29. The molecule has 130 valence electrons. The lowest BCUT2D eigenvalue weighted by molar-refractivity contribution is 0.0649. The number of carbonyl (C=O) groups excluding carboxylic acids is 2. The van der Waals surface area contributed by atoms with Crippen molar-refractivity contribution < 1.29 is 18.4 Å². The van der Waals surface area contributed by atoms with Crippen molar-refractivity contribution >= 4 is 11.7 Å². The molecule has 0 spiro atoms. The van der Waals surface area contributed by atoms with E-state index in [-0.39, 0.29) is 22.6 Å². The van der Waals surface area contributed by atoms with Crippen molar-refractivity contribution in [3.05, 3.63) is 69.6 Å². The summed E-state index contributed by atoms with van der Waals surface area (Å²) in [5.74, 6) is -2.59. The Balaban J connectivity index is 1.67. The molecule has 1 N–H and O–H groups in total. The standard InChI is InChI=1S/C18H16F2N2O3/c19-13-1-2-15(20)14(10-13)17(24)11-4-7-22(8-5-11)18(25)12-3-6-21-16(23)9-12/h1-3,6,9-11H,4-5,7-8H2,(H,21,23). The molecule has 25 heavy (non-hydrogen) atoms. The van der Waals surface area contributed by atoms with E-state index >= 15 is 0 Å². The van der Waals surface area contributed by atoms with E-state index < -0.39 is 23.3 Å². The maximum atomic E-state index is 13.8. The number of ketones is 1. The van der Waals surface area contributed by atoms with Gasteiger partial charge in [0, 0.05) is 36.8 Å². The number of rotatable bonds is 3. The SMILES string of the molecule is O=C(c1cc(F)ccc1F)C1CCN(C(=O)c2cc[nH]c(=O)c2)CC1. The van der Waals surface area contributed by atoms with Gasteiger partial charge in [-0.15, -0.1) is 0 Å². The Kier molecular flexibility index (Phi) is 4.74. The number of nitrogens with zero attached hydrogens (tertiary/aromatic N) is 1. The highest BCUT2D eigenvalue weighted by molar-refractivity contribution is 5.98. The van der Waals surface area contributed by atoms with Crippen LogP contribution in [0.2, 0.25) is 0 Å². The normalized spacial score (nSPS) is 15.2. The number of hydrogen-bond donors (Lipinski definition) is 1. The number of nitrogens with one attached hydrogen (secondary N) is 1. The molecule has 1 fully saturated rings. The van der Waals surface area contributed by atoms with Crippen molar-refractivity contribution in [2.24, 2.45) is 5.92 Å². The average Bonchev–Trinajstić information content (AvgIpc) is 2.62. The van der Waals surface area contributed by atoms with Crippen LogP contribution in [0.3, 0.4) is 0 Å². The van der Waals surface area contributed by atoms with Crippen LogP contribution < -0.4 is 5.56 Å². The molecule has 7 heteroatoms. The Hall–Kier alpha value is -2.83. The summed E-state index contributed by atoms with van der Waals surface area (Å²) < 4.78 is 27.0. The number of H-pyrrole nitrogens is 1. The lowest BCUT2D eigenvalue weighted by Gasteiger charge is -2.31. The fourth-order valence-electron chi connectivity index (χ4n) is 3.01. The number of pyridine rings is 1. The molecule has 1 aromatic carbocycles. The van der Waals surface area contributed by atoms with Gasteiger partial charge < -0.3 is 9.88 Å². The monoisotopic (exact) mass is 346 g/mol. The van der Waals surface area contributed by atoms with E-state index in [0.29, 0.717) is 25.9 Å². The van der Waals surface area contributed by atoms with Crippen LogP contribution in [-0.4, -0.2) is 34.7 Å². The number of piperidine rings is 1. The van der Waals surface area contributed by atoms with Gasteiger partial charge >= 0.3 is 0 Å². The highest BCUT2D eigenvalue weighted by atomic mass is 19.1. The number of halogens is 2. The topological polar surface area (TPSA) is 70.2 Å². The molecule has 0 aliphatic carbocycles. The lowest BCUT2D eigenvalue weighted by atomic mass is 9.88. The quantitative estimate of drug-likeness (QED) is 0.868. The zero-order valence-electron chi connectivity index (χ0n) is 13.3. The van der Waals surface area contributed by atoms with Gasteiger partial charge in [0.15, 0.2) is 5.78 Å². The number of carbonyl (C=O) groups is 2. The van der Waals surface area contributed by atoms with Gasteiger partial charge in [0.05, 0.1) is 5.56 Å². The van der Waals surface area contributed by atoms with E-state index in [9.17, 15) is 23.2 Å². The Labute approximate surface area is 142 Å². The number of hydrogen-bond acceptors (Lipinski definition) is 3. The predicted molar refractivity (Wildman–Crippen MR) is 86.4 cm³/mol. The van der Waals surface area contributed by atoms with Crippen LogP contribution in [0.25, 0.3) is 0 Å². The summed E-state index contributed by atoms with van der Waals surface area (Å²) in [5.41, 5.74) is -0.332. The fourth-order valence-corrected chi connectivity index (χ4v) is 3.01. The van der Waals surface area contributed by atoms with Crippen LogP contribution >= 0.6 is 0 Å². The van der Waals surface area contributed by atoms with Gasteiger partial charge in [0.1, 0.15) is 11.6 Å². The van der Waals surface area contributed by atoms with Crippen molar-refractivity contribution in [3.8, 4) is 0 Å². The van der Waals surface area contributed by atoms with Crippen LogP contribution in [0.5, 0.6) is 0 Å². The van der Waals surface area contributed by atoms with Gasteiger partial charge in [-0.1, -0.05) is 0 Å². The first-order chi connectivity index (χ1) is 12.0. The van der Waals surface area contributed by atoms with E-state index in [1.54, 1.807) is 4.90 Å². The first kappa shape index (κ1) is 17.0. The van der Waals surface area contributed by atoms with Crippen molar-refractivity contribution in [1.29, 1.82) is 0 Å². The molecule has 5 nitrogen and oxygen atoms in total. The molecule has 1 aliphatic heterocycles. The van der Waals surface area contributed by atoms with E-state index in [1.807, 2.05) is 0 Å². The van der Waals surface area contributed by atoms with E-state index in [1.165, 1.54) is 18.3 Å². The molecule has 1 amide bonds. The number of Topliss-reactive ketones (excluding diaryl/α,β-unsaturated/α-hetero) is 1. The largest absolute Gasteiger partial charge is 0.339 e. The van der Waals surface area contributed by atoms with E-state index in [2.05, 4.69) is 4.98 Å². The van der Waals surface area contributed by atoms with Crippen molar-refractivity contribution in [1.82, 2.24) is 9.88 Å². The molecule has 2 aromatic rings. The number of likely N-dealkylation sites (tertiary alicyclic amines) is 1. The van der Waals surface area contributed by atoms with Gasteiger partial charge in [-0.2, -0.15) is 0 Å². The van der Waals surface area contributed by atoms with Crippen LogP contribution in [0, 0.1) is 17.6 Å². The maximum absolute atomic E-state index is 13.8. The second-order valence-corrected chi connectivity index (χ2v) is 6.00. The van der Waals surface area contributed by atoms with Crippen LogP contribution in [0.1, 0.15) is 33.6 Å². The Morgan fingerprint density at radius 1 is 1.08 bits per heavy atom. The van der Waals surface area contributed by atoms with Crippen molar-refractivity contribution in [3.63, 3.8) is 0 Å². The van der Waals surface area contributed by atoms with Crippen LogP contribution in [0.15, 0.2) is 41.3 Å². The average molecular weight is 346 g/mol. The van der Waals surface area contributed by atoms with Crippen LogP contribution in [0.4, 0.5) is 8.78 Å². The molecule has 1 saturated heterocycles. The summed E-state index contributed by atoms with van der Waals surface area (Å²) in [6, 6.07) is 5.55. The smallest absolute Gasteiger partial charge is 0.254 e. The zero-order valence-corrected chi connectivity index (χ0v) is 13.3. The first-order valence-electron chi connectivity index (χ1n) is 7.93. The summed E-state index contributed by atoms with van der Waals surface area (Å²) in [7, 11) is 0. The minimum absolute atomic E-state index is 0.251. The molecule has 0 radical (unpaired) electrons. The number of amides is 1. The van der Waals surface area contributed by atoms with E-state index in [4.69, 9.17) is 0 Å². The third kappa shape index (κ3) is 3.65. The molecular weight excluding hydrogens is 330 g/mol. The Morgan fingerprint density at radius 2 is 1.80 bits per heavy atom. The molecule has 0 saturated carbocycles. The highest BCUT2D eigenvalue weighted by Crippen LogP contribution is 2.24. The van der Waals surface area contributed by atoms with Gasteiger partial charge in [-0.05, 0) is 37.1 Å². The molecule has 0 bridgehead atoms. The fraction of sp³-hybridized carbons (Fsp3) is 0.278. The molecule has 0 atom stereocenters. The molecule has 0 unspecified atom stereocenters. The number of aromatic nitrogens is 1. The lowest BCUT2D eigenvalue weighted by Crippen LogP contribution is -2.40. The number of benzene rings is 1. The summed E-state index contributed by atoms with van der Waals surface area (Å²) in [6.07, 6.45) is 2.13. The number of aromatic amines is 1. The predicted octanol–water partition coefficient (Wildman–Crippen LogP) is 2.39. The second kappa shape index (κ2) is 6.96. The van der Waals surface area contributed by atoms with Gasteiger partial charge in [0.2, 0.25) is 5.56 Å². The van der Waals surface area contributed by atoms with Gasteiger partial charge in [0.25, 0.3) is 5.91 Å². The Bertz CT molecular complexity index is 871. The molecular formula is C18H16F2N2O3. The van der Waals surface area contributed by atoms with Crippen LogP contribution in [-0.2, 0) is 0 Å². The van der Waals surface area contributed by atoms with Gasteiger partial charge in [-0.3, -0.25) is 14.4 Å². The Morgan fingerprint density at radius 3 is 2.48 bits per heavy atom. The zero-order chi connectivity index (χ0) is 18.0. The maximum Gasteiger partial charge on any atom is 0.254 e. The summed E-state index contributed by atoms with van der Waals surface area (Å²) in [5, 5.41) is 0. The summed E-state index contributed by atoms with van der Waals surface area (Å²) in [6.45, 7) is 0.637. The third-order valence-electron chi connectivity index (χ3n) is 4.37. The second-order valence-electron chi connectivity index (χ2n) is 6.00. The first-order valence-corrected chi connectivity index (χ1v) is 7.93. The van der Waals surface area contributed by atoms with Crippen molar-refractivity contribution in [2.75, 3.05) is 13.1 Å². The minimum Gasteiger partial charge on any atom is -0.339 e. The minimum atomic E-state index is -0.742. The van der Waals surface area contributed by atoms with Gasteiger partial charge in [-0.25, -0.2) is 8.78 Å². The molecule has 1 aliphatic rings. The molecule has 3 rings (SSSR count). The third-order valence-corrected chi connectivity index (χ3v) is 4.37.